The van der Waals surface area contributed by atoms with E-state index in [-0.39, 0.29) is 6.04 Å². The molecule has 21 heavy (non-hydrogen) atoms. The highest BCUT2D eigenvalue weighted by Gasteiger charge is 2.19. The van der Waals surface area contributed by atoms with Gasteiger partial charge in [0.25, 0.3) is 0 Å². The molecule has 0 aliphatic rings. The van der Waals surface area contributed by atoms with Crippen molar-refractivity contribution in [1.82, 2.24) is 5.32 Å². The first-order chi connectivity index (χ1) is 9.93. The van der Waals surface area contributed by atoms with Gasteiger partial charge in [-0.15, -0.1) is 11.3 Å². The first-order valence-electron chi connectivity index (χ1n) is 7.50. The van der Waals surface area contributed by atoms with Crippen LogP contribution in [0.2, 0.25) is 0 Å². The van der Waals surface area contributed by atoms with E-state index in [1.54, 1.807) is 11.3 Å². The number of nitrogens with one attached hydrogen (secondary N) is 1. The molecule has 0 fully saturated rings. The van der Waals surface area contributed by atoms with Crippen molar-refractivity contribution in [1.29, 1.82) is 0 Å². The van der Waals surface area contributed by atoms with Crippen molar-refractivity contribution in [3.05, 3.63) is 55.7 Å². The van der Waals surface area contributed by atoms with Crippen molar-refractivity contribution in [3.8, 4) is 0 Å². The number of hydrogen-bond acceptors (Lipinski definition) is 2. The van der Waals surface area contributed by atoms with Gasteiger partial charge in [-0.25, -0.2) is 0 Å². The first-order valence-corrected chi connectivity index (χ1v) is 9.11. The Morgan fingerprint density at radius 3 is 2.14 bits per heavy atom. The quantitative estimate of drug-likeness (QED) is 0.678. The molecule has 1 N–H and O–H groups in total. The van der Waals surface area contributed by atoms with Gasteiger partial charge >= 0.3 is 0 Å². The fourth-order valence-electron chi connectivity index (χ4n) is 2.65. The zero-order chi connectivity index (χ0) is 15.6. The molecule has 1 heterocycles. The zero-order valence-electron chi connectivity index (χ0n) is 13.4. The first kappa shape index (κ1) is 16.7. The van der Waals surface area contributed by atoms with Crippen LogP contribution in [0.15, 0.2) is 34.1 Å². The van der Waals surface area contributed by atoms with Gasteiger partial charge in [0.2, 0.25) is 0 Å². The number of hydrogen-bond donors (Lipinski definition) is 1. The minimum absolute atomic E-state index is 0.264. The molecule has 0 bridgehead atoms. The molecule has 1 aromatic heterocycles. The minimum atomic E-state index is 0.264. The van der Waals surface area contributed by atoms with E-state index >= 15 is 0 Å². The Labute approximate surface area is 140 Å². The summed E-state index contributed by atoms with van der Waals surface area (Å²) < 4.78 is 1.18. The number of thiophene rings is 1. The smallest absolute Gasteiger partial charge is 0.0702 e. The fourth-order valence-corrected chi connectivity index (χ4v) is 4.20. The summed E-state index contributed by atoms with van der Waals surface area (Å²) in [4.78, 5) is 1.35. The van der Waals surface area contributed by atoms with Crippen LogP contribution in [0.5, 0.6) is 0 Å². The van der Waals surface area contributed by atoms with Crippen LogP contribution in [-0.4, -0.2) is 7.05 Å². The normalized spacial score (nSPS) is 13.1. The maximum atomic E-state index is 3.57. The Kier molecular flexibility index (Phi) is 5.64. The molecule has 0 spiro atoms. The van der Waals surface area contributed by atoms with Gasteiger partial charge in [0, 0.05) is 4.88 Å². The van der Waals surface area contributed by atoms with Gasteiger partial charge in [-0.05, 0) is 63.6 Å². The number of halogens is 1. The third-order valence-corrected chi connectivity index (χ3v) is 5.57. The Morgan fingerprint density at radius 1 is 0.952 bits per heavy atom. The monoisotopic (exact) mass is 365 g/mol. The lowest BCUT2D eigenvalue weighted by Crippen LogP contribution is -2.18. The van der Waals surface area contributed by atoms with E-state index in [4.69, 9.17) is 0 Å². The van der Waals surface area contributed by atoms with Crippen LogP contribution in [-0.2, 0) is 0 Å². The summed E-state index contributed by atoms with van der Waals surface area (Å²) in [6, 6.07) is 11.6. The molecule has 1 unspecified atom stereocenters. The van der Waals surface area contributed by atoms with Crippen LogP contribution in [0.25, 0.3) is 0 Å². The van der Waals surface area contributed by atoms with E-state index in [2.05, 4.69) is 79.3 Å². The zero-order valence-corrected chi connectivity index (χ0v) is 15.8. The second kappa shape index (κ2) is 7.08. The summed E-state index contributed by atoms with van der Waals surface area (Å²) in [5, 5.41) is 3.48. The summed E-state index contributed by atoms with van der Waals surface area (Å²) in [6.45, 7) is 9.07. The van der Waals surface area contributed by atoms with Crippen molar-refractivity contribution in [2.24, 2.45) is 0 Å². The Balaban J connectivity index is 2.50. The lowest BCUT2D eigenvalue weighted by molar-refractivity contribution is 0.682. The highest BCUT2D eigenvalue weighted by atomic mass is 79.9. The van der Waals surface area contributed by atoms with Gasteiger partial charge in [0.1, 0.15) is 0 Å². The summed E-state index contributed by atoms with van der Waals surface area (Å²) in [5.41, 5.74) is 4.26. The molecule has 1 nitrogen and oxygen atoms in total. The van der Waals surface area contributed by atoms with Crippen LogP contribution in [0.4, 0.5) is 0 Å². The van der Waals surface area contributed by atoms with Gasteiger partial charge in [0.05, 0.1) is 9.83 Å². The van der Waals surface area contributed by atoms with Crippen molar-refractivity contribution < 1.29 is 0 Å². The average molecular weight is 366 g/mol. The largest absolute Gasteiger partial charge is 0.309 e. The summed E-state index contributed by atoms with van der Waals surface area (Å²) in [7, 11) is 2.04. The van der Waals surface area contributed by atoms with E-state index in [0.29, 0.717) is 11.8 Å². The van der Waals surface area contributed by atoms with E-state index < -0.39 is 0 Å². The molecule has 3 heteroatoms. The lowest BCUT2D eigenvalue weighted by atomic mass is 9.88. The molecular formula is C18H24BrNS. The fraction of sp³-hybridized carbons (Fsp3) is 0.444. The predicted octanol–water partition coefficient (Wildman–Crippen LogP) is 6.07. The van der Waals surface area contributed by atoms with E-state index in [0.717, 1.165) is 0 Å². The summed E-state index contributed by atoms with van der Waals surface area (Å²) in [6.07, 6.45) is 0. The molecule has 0 radical (unpaired) electrons. The SMILES string of the molecule is CNC(c1ccc(Br)s1)c1ccc(C(C)C)cc1C(C)C. The van der Waals surface area contributed by atoms with Gasteiger partial charge in [-0.3, -0.25) is 0 Å². The van der Waals surface area contributed by atoms with Crippen molar-refractivity contribution >= 4 is 27.3 Å². The van der Waals surface area contributed by atoms with Gasteiger partial charge in [-0.2, -0.15) is 0 Å². The van der Waals surface area contributed by atoms with Crippen LogP contribution < -0.4 is 5.32 Å². The van der Waals surface area contributed by atoms with Crippen molar-refractivity contribution in [2.45, 2.75) is 45.6 Å². The van der Waals surface area contributed by atoms with Crippen LogP contribution in [0.3, 0.4) is 0 Å². The molecule has 0 saturated heterocycles. The van der Waals surface area contributed by atoms with E-state index in [1.807, 2.05) is 7.05 Å². The van der Waals surface area contributed by atoms with Gasteiger partial charge in [0.15, 0.2) is 0 Å². The third kappa shape index (κ3) is 3.77. The van der Waals surface area contributed by atoms with Crippen molar-refractivity contribution in [3.63, 3.8) is 0 Å². The molecule has 0 aliphatic carbocycles. The second-order valence-corrected chi connectivity index (χ2v) is 8.56. The van der Waals surface area contributed by atoms with E-state index in [9.17, 15) is 0 Å². The Morgan fingerprint density at radius 2 is 1.67 bits per heavy atom. The molecule has 0 amide bonds. The molecule has 2 rings (SSSR count). The molecule has 1 atom stereocenters. The van der Waals surface area contributed by atoms with Crippen LogP contribution in [0, 0.1) is 0 Å². The van der Waals surface area contributed by atoms with Gasteiger partial charge in [-0.1, -0.05) is 45.9 Å². The standard InChI is InChI=1S/C18H24BrNS/c1-11(2)13-6-7-14(15(10-13)12(3)4)18(20-5)16-8-9-17(19)21-16/h6-12,18,20H,1-5H3. The second-order valence-electron chi connectivity index (χ2n) is 6.06. The van der Waals surface area contributed by atoms with Crippen LogP contribution in [0.1, 0.15) is 67.1 Å². The molecule has 2 aromatic rings. The summed E-state index contributed by atoms with van der Waals surface area (Å²) in [5.74, 6) is 1.10. The Hall–Kier alpha value is -0.640. The topological polar surface area (TPSA) is 12.0 Å². The lowest BCUT2D eigenvalue weighted by Gasteiger charge is -2.22. The van der Waals surface area contributed by atoms with Crippen molar-refractivity contribution in [2.75, 3.05) is 7.05 Å². The maximum Gasteiger partial charge on any atom is 0.0702 e. The van der Waals surface area contributed by atoms with Gasteiger partial charge < -0.3 is 5.32 Å². The molecule has 1 aromatic carbocycles. The van der Waals surface area contributed by atoms with Crippen LogP contribution >= 0.6 is 27.3 Å². The Bertz CT molecular complexity index is 601. The summed E-state index contributed by atoms with van der Waals surface area (Å²) >= 11 is 5.37. The minimum Gasteiger partial charge on any atom is -0.309 e. The molecular weight excluding hydrogens is 342 g/mol. The molecule has 0 saturated carbocycles. The van der Waals surface area contributed by atoms with E-state index in [1.165, 1.54) is 25.4 Å². The highest BCUT2D eigenvalue weighted by molar-refractivity contribution is 9.11. The number of benzene rings is 1. The predicted molar refractivity (Wildman–Crippen MR) is 97.5 cm³/mol. The number of rotatable bonds is 5. The molecule has 114 valence electrons. The maximum absolute atomic E-state index is 3.57. The third-order valence-electron chi connectivity index (χ3n) is 3.88. The molecule has 0 aliphatic heterocycles. The highest BCUT2D eigenvalue weighted by Crippen LogP contribution is 2.35. The average Bonchev–Trinajstić information content (AvgIpc) is 2.86.